The van der Waals surface area contributed by atoms with E-state index >= 15 is 0 Å². The largest absolute Gasteiger partial charge is 0.298 e. The highest BCUT2D eigenvalue weighted by Crippen LogP contribution is 2.39. The molecule has 8 aromatic rings. The molecule has 0 radical (unpaired) electrons. The van der Waals surface area contributed by atoms with Gasteiger partial charge in [0, 0.05) is 18.0 Å². The molecule has 0 bridgehead atoms. The molecule has 0 saturated carbocycles. The van der Waals surface area contributed by atoms with Crippen LogP contribution >= 0.6 is 0 Å². The molecule has 0 saturated heterocycles. The maximum Gasteiger partial charge on any atom is 0.109 e. The second-order valence-electron chi connectivity index (χ2n) is 13.1. The summed E-state index contributed by atoms with van der Waals surface area (Å²) in [6, 6.07) is 59.0. The number of nitrogens with one attached hydrogen (secondary N) is 2. The lowest BCUT2D eigenvalue weighted by atomic mass is 9.83. The van der Waals surface area contributed by atoms with Gasteiger partial charge in [0.05, 0.1) is 11.4 Å². The van der Waals surface area contributed by atoms with E-state index in [9.17, 15) is 5.41 Å². The molecule has 0 spiro atoms. The minimum atomic E-state index is 0.356. The van der Waals surface area contributed by atoms with Gasteiger partial charge in [-0.05, 0) is 108 Å². The zero-order chi connectivity index (χ0) is 35.6. The minimum Gasteiger partial charge on any atom is -0.298 e. The van der Waals surface area contributed by atoms with Crippen LogP contribution < -0.4 is 5.43 Å². The van der Waals surface area contributed by atoms with Gasteiger partial charge in [0.1, 0.15) is 5.71 Å². The van der Waals surface area contributed by atoms with E-state index in [0.717, 1.165) is 66.4 Å². The number of anilines is 1. The lowest BCUT2D eigenvalue weighted by Crippen LogP contribution is -2.19. The first-order chi connectivity index (χ1) is 26.2. The quantitative estimate of drug-likeness (QED) is 0.130. The highest BCUT2D eigenvalue weighted by molar-refractivity contribution is 6.63. The highest BCUT2D eigenvalue weighted by atomic mass is 15.3. The highest BCUT2D eigenvalue weighted by Gasteiger charge is 2.23. The summed E-state index contributed by atoms with van der Waals surface area (Å²) >= 11 is 0. The molecule has 0 fully saturated rings. The van der Waals surface area contributed by atoms with E-state index in [0.29, 0.717) is 11.4 Å². The third-order valence-corrected chi connectivity index (χ3v) is 9.92. The van der Waals surface area contributed by atoms with Crippen molar-refractivity contribution in [3.8, 4) is 33.4 Å². The van der Waals surface area contributed by atoms with Crippen LogP contribution in [0.25, 0.3) is 66.1 Å². The van der Waals surface area contributed by atoms with Crippen molar-refractivity contribution in [3.05, 3.63) is 206 Å². The molecule has 4 nitrogen and oxygen atoms in total. The maximum atomic E-state index is 9.65. The number of hydrogen-bond donors (Lipinski definition) is 2. The first kappa shape index (κ1) is 31.8. The summed E-state index contributed by atoms with van der Waals surface area (Å²) < 4.78 is 0. The normalized spacial score (nSPS) is 13.6. The Morgan fingerprint density at radius 3 is 1.57 bits per heavy atom. The summed E-state index contributed by atoms with van der Waals surface area (Å²) in [7, 11) is 0. The van der Waals surface area contributed by atoms with Crippen LogP contribution in [-0.4, -0.2) is 16.4 Å². The van der Waals surface area contributed by atoms with Crippen molar-refractivity contribution in [2.45, 2.75) is 0 Å². The molecule has 1 aromatic heterocycles. The van der Waals surface area contributed by atoms with Crippen LogP contribution in [0.15, 0.2) is 200 Å². The second kappa shape index (κ2) is 13.9. The summed E-state index contributed by atoms with van der Waals surface area (Å²) in [5.41, 5.74) is 15.8. The molecular formula is C49H34N4. The van der Waals surface area contributed by atoms with Gasteiger partial charge < -0.3 is 0 Å². The Morgan fingerprint density at radius 2 is 0.943 bits per heavy atom. The third-order valence-electron chi connectivity index (χ3n) is 9.92. The van der Waals surface area contributed by atoms with Gasteiger partial charge in [0.25, 0.3) is 0 Å². The molecule has 250 valence electrons. The van der Waals surface area contributed by atoms with Crippen LogP contribution in [0.4, 0.5) is 5.69 Å². The van der Waals surface area contributed by atoms with E-state index in [2.05, 4.69) is 156 Å². The standard InChI is InChI=1S/C49H34N4/c50-49-47(46-25-24-40(35-14-5-2-6-15-35)43-19-9-10-21-45(43)46)31-37(32-48(49)53-52-38-17-11-16-36(30-38)33-26-28-51-29-27-33)41-23-22-39(34-12-3-1-4-13-34)42-18-7-8-20-44(41)42/h1-32,50,52H/b50-49?,53-48-. The molecule has 2 N–H and O–H groups in total. The number of rotatable bonds is 7. The SMILES string of the molecule is N=C1C(c2ccc(-c3ccccc3)c3ccccc23)=CC(c2ccc(-c3ccccc3)c3ccccc23)=C/C1=N/Nc1cccc(-c2ccncc2)c1. The van der Waals surface area contributed by atoms with E-state index in [1.54, 1.807) is 12.4 Å². The van der Waals surface area contributed by atoms with Crippen LogP contribution in [0.1, 0.15) is 11.1 Å². The van der Waals surface area contributed by atoms with Crippen molar-refractivity contribution in [2.24, 2.45) is 5.10 Å². The first-order valence-electron chi connectivity index (χ1n) is 17.7. The molecule has 0 amide bonds. The van der Waals surface area contributed by atoms with Gasteiger partial charge in [0.15, 0.2) is 0 Å². The molecule has 7 aromatic carbocycles. The fraction of sp³-hybridized carbons (Fsp3) is 0. The first-order valence-corrected chi connectivity index (χ1v) is 17.7. The van der Waals surface area contributed by atoms with Crippen molar-refractivity contribution < 1.29 is 0 Å². The fourth-order valence-electron chi connectivity index (χ4n) is 7.34. The lowest BCUT2D eigenvalue weighted by Gasteiger charge is -2.21. The predicted octanol–water partition coefficient (Wildman–Crippen LogP) is 12.4. The Bertz CT molecular complexity index is 2740. The molecule has 1 heterocycles. The summed E-state index contributed by atoms with van der Waals surface area (Å²) in [6.07, 6.45) is 7.80. The molecule has 9 rings (SSSR count). The number of fused-ring (bicyclic) bond motifs is 2. The van der Waals surface area contributed by atoms with Crippen molar-refractivity contribution in [2.75, 3.05) is 5.43 Å². The molecular weight excluding hydrogens is 645 g/mol. The van der Waals surface area contributed by atoms with Crippen LogP contribution in [-0.2, 0) is 0 Å². The summed E-state index contributed by atoms with van der Waals surface area (Å²) in [4.78, 5) is 4.17. The second-order valence-corrected chi connectivity index (χ2v) is 13.1. The Hall–Kier alpha value is -7.17. The van der Waals surface area contributed by atoms with Gasteiger partial charge in [-0.3, -0.25) is 15.8 Å². The predicted molar refractivity (Wildman–Crippen MR) is 223 cm³/mol. The van der Waals surface area contributed by atoms with Crippen LogP contribution in [0.3, 0.4) is 0 Å². The van der Waals surface area contributed by atoms with Gasteiger partial charge >= 0.3 is 0 Å². The molecule has 1 aliphatic rings. The van der Waals surface area contributed by atoms with Crippen molar-refractivity contribution in [3.63, 3.8) is 0 Å². The Balaban J connectivity index is 1.20. The Labute approximate surface area is 308 Å². The number of nitrogens with zero attached hydrogens (tertiary/aromatic N) is 2. The van der Waals surface area contributed by atoms with Crippen LogP contribution in [0.2, 0.25) is 0 Å². The van der Waals surface area contributed by atoms with Gasteiger partial charge in [-0.2, -0.15) is 5.10 Å². The molecule has 4 heteroatoms. The topological polar surface area (TPSA) is 61.1 Å². The van der Waals surface area contributed by atoms with E-state index in [4.69, 9.17) is 5.10 Å². The van der Waals surface area contributed by atoms with Crippen molar-refractivity contribution in [1.29, 1.82) is 5.41 Å². The zero-order valence-electron chi connectivity index (χ0n) is 28.9. The zero-order valence-corrected chi connectivity index (χ0v) is 28.9. The summed E-state index contributed by atoms with van der Waals surface area (Å²) in [5.74, 6) is 0. The third kappa shape index (κ3) is 6.13. The average Bonchev–Trinajstić information content (AvgIpc) is 3.24. The Kier molecular flexibility index (Phi) is 8.31. The van der Waals surface area contributed by atoms with E-state index in [1.165, 1.54) is 16.5 Å². The van der Waals surface area contributed by atoms with E-state index in [-0.39, 0.29) is 0 Å². The number of aromatic nitrogens is 1. The van der Waals surface area contributed by atoms with Gasteiger partial charge in [-0.1, -0.05) is 146 Å². The van der Waals surface area contributed by atoms with Crippen LogP contribution in [0.5, 0.6) is 0 Å². The fourth-order valence-corrected chi connectivity index (χ4v) is 7.34. The maximum absolute atomic E-state index is 9.65. The number of benzene rings is 7. The minimum absolute atomic E-state index is 0.356. The van der Waals surface area contributed by atoms with E-state index in [1.807, 2.05) is 36.4 Å². The molecule has 0 unspecified atom stereocenters. The number of allylic oxidation sites excluding steroid dienone is 4. The molecule has 0 aliphatic heterocycles. The number of hydrazone groups is 1. The Morgan fingerprint density at radius 1 is 0.434 bits per heavy atom. The van der Waals surface area contributed by atoms with Gasteiger partial charge in [-0.25, -0.2) is 0 Å². The van der Waals surface area contributed by atoms with Gasteiger partial charge in [-0.15, -0.1) is 0 Å². The molecule has 1 aliphatic carbocycles. The van der Waals surface area contributed by atoms with Crippen LogP contribution in [0, 0.1) is 5.41 Å². The number of hydrogen-bond acceptors (Lipinski definition) is 4. The van der Waals surface area contributed by atoms with E-state index < -0.39 is 0 Å². The summed E-state index contributed by atoms with van der Waals surface area (Å²) in [6.45, 7) is 0. The average molecular weight is 679 g/mol. The van der Waals surface area contributed by atoms with Gasteiger partial charge in [0.2, 0.25) is 0 Å². The lowest BCUT2D eigenvalue weighted by molar-refractivity contribution is 1.32. The smallest absolute Gasteiger partial charge is 0.109 e. The summed E-state index contributed by atoms with van der Waals surface area (Å²) in [5, 5.41) is 19.1. The monoisotopic (exact) mass is 678 g/mol. The van der Waals surface area contributed by atoms with Crippen molar-refractivity contribution in [1.82, 2.24) is 4.98 Å². The van der Waals surface area contributed by atoms with Crippen molar-refractivity contribution >= 4 is 49.8 Å². The number of pyridine rings is 1. The molecule has 53 heavy (non-hydrogen) atoms. The molecule has 0 atom stereocenters.